The lowest BCUT2D eigenvalue weighted by molar-refractivity contribution is 0.303. The fourth-order valence-corrected chi connectivity index (χ4v) is 4.51. The molecule has 0 aliphatic rings. The van der Waals surface area contributed by atoms with Crippen LogP contribution in [0.1, 0.15) is 12.8 Å². The van der Waals surface area contributed by atoms with E-state index >= 15 is 0 Å². The molecule has 0 aliphatic carbocycles. The molecule has 0 bridgehead atoms. The number of unbranched alkanes of at least 4 members (excludes halogenated alkanes) is 1. The van der Waals surface area contributed by atoms with Gasteiger partial charge in [0.25, 0.3) is 0 Å². The van der Waals surface area contributed by atoms with Crippen LogP contribution in [-0.4, -0.2) is 44.6 Å². The Morgan fingerprint density at radius 3 is 2.31 bits per heavy atom. The SMILES string of the molecule is COc1ccc2c(c1)ncn2CCCCOc1ccc2c(=O)cc(-c3cc(OC)c(OC)c(OC)c3)oc2c1. The van der Waals surface area contributed by atoms with E-state index in [4.69, 9.17) is 28.1 Å². The molecule has 2 aromatic heterocycles. The highest BCUT2D eigenvalue weighted by Gasteiger charge is 2.16. The Hall–Kier alpha value is -4.66. The molecule has 202 valence electrons. The molecule has 0 unspecified atom stereocenters. The van der Waals surface area contributed by atoms with E-state index in [2.05, 4.69) is 9.55 Å². The average molecular weight is 531 g/mol. The fraction of sp³-hybridized carbons (Fsp3) is 0.267. The van der Waals surface area contributed by atoms with Crippen molar-refractivity contribution in [1.29, 1.82) is 0 Å². The topological polar surface area (TPSA) is 94.2 Å². The van der Waals surface area contributed by atoms with E-state index in [1.54, 1.807) is 37.4 Å². The third kappa shape index (κ3) is 5.34. The molecule has 3 aromatic carbocycles. The third-order valence-electron chi connectivity index (χ3n) is 6.54. The summed E-state index contributed by atoms with van der Waals surface area (Å²) in [4.78, 5) is 17.3. The molecule has 5 aromatic rings. The lowest BCUT2D eigenvalue weighted by Gasteiger charge is -2.14. The van der Waals surface area contributed by atoms with Crippen molar-refractivity contribution in [3.63, 3.8) is 0 Å². The van der Waals surface area contributed by atoms with Gasteiger partial charge in [0.05, 0.1) is 57.8 Å². The molecule has 0 spiro atoms. The van der Waals surface area contributed by atoms with Crippen LogP contribution in [0.5, 0.6) is 28.7 Å². The number of aryl methyl sites for hydroxylation is 1. The van der Waals surface area contributed by atoms with Crippen LogP contribution in [0, 0.1) is 0 Å². The molecule has 9 heteroatoms. The Labute approximate surface area is 225 Å². The van der Waals surface area contributed by atoms with Gasteiger partial charge in [0.15, 0.2) is 16.9 Å². The Morgan fingerprint density at radius 1 is 0.821 bits per heavy atom. The number of benzene rings is 3. The monoisotopic (exact) mass is 530 g/mol. The molecule has 2 heterocycles. The largest absolute Gasteiger partial charge is 0.497 e. The lowest BCUT2D eigenvalue weighted by atomic mass is 10.1. The number of hydrogen-bond donors (Lipinski definition) is 0. The van der Waals surface area contributed by atoms with Gasteiger partial charge in [-0.15, -0.1) is 0 Å². The van der Waals surface area contributed by atoms with E-state index in [1.807, 2.05) is 24.5 Å². The molecule has 0 fully saturated rings. The third-order valence-corrected chi connectivity index (χ3v) is 6.54. The first-order valence-corrected chi connectivity index (χ1v) is 12.5. The van der Waals surface area contributed by atoms with Crippen molar-refractivity contribution in [3.05, 3.63) is 71.1 Å². The summed E-state index contributed by atoms with van der Waals surface area (Å²) in [6.45, 7) is 1.36. The van der Waals surface area contributed by atoms with Crippen LogP contribution in [0.25, 0.3) is 33.3 Å². The Bertz CT molecular complexity index is 1650. The minimum Gasteiger partial charge on any atom is -0.497 e. The second-order valence-corrected chi connectivity index (χ2v) is 8.90. The zero-order chi connectivity index (χ0) is 27.4. The summed E-state index contributed by atoms with van der Waals surface area (Å²) in [5, 5.41) is 0.474. The van der Waals surface area contributed by atoms with Crippen molar-refractivity contribution in [1.82, 2.24) is 9.55 Å². The van der Waals surface area contributed by atoms with Crippen LogP contribution < -0.4 is 29.1 Å². The fourth-order valence-electron chi connectivity index (χ4n) is 4.51. The molecule has 0 saturated heterocycles. The molecule has 9 nitrogen and oxygen atoms in total. The number of aromatic nitrogens is 2. The number of fused-ring (bicyclic) bond motifs is 2. The zero-order valence-electron chi connectivity index (χ0n) is 22.4. The van der Waals surface area contributed by atoms with Crippen molar-refractivity contribution in [2.45, 2.75) is 19.4 Å². The second-order valence-electron chi connectivity index (χ2n) is 8.90. The van der Waals surface area contributed by atoms with Crippen LogP contribution in [0.3, 0.4) is 0 Å². The first kappa shape index (κ1) is 26.0. The maximum absolute atomic E-state index is 12.9. The summed E-state index contributed by atoms with van der Waals surface area (Å²) in [6.07, 6.45) is 3.62. The number of hydrogen-bond acceptors (Lipinski definition) is 8. The molecular weight excluding hydrogens is 500 g/mol. The van der Waals surface area contributed by atoms with Gasteiger partial charge in [-0.05, 0) is 49.2 Å². The summed E-state index contributed by atoms with van der Waals surface area (Å²) in [5.41, 5.74) is 2.89. The van der Waals surface area contributed by atoms with Gasteiger partial charge in [0, 0.05) is 30.3 Å². The molecule has 0 radical (unpaired) electrons. The van der Waals surface area contributed by atoms with Crippen molar-refractivity contribution in [3.8, 4) is 40.1 Å². The first-order chi connectivity index (χ1) is 19.0. The van der Waals surface area contributed by atoms with Crippen molar-refractivity contribution >= 4 is 22.0 Å². The summed E-state index contributed by atoms with van der Waals surface area (Å²) in [7, 11) is 6.26. The van der Waals surface area contributed by atoms with Gasteiger partial charge >= 0.3 is 0 Å². The highest BCUT2D eigenvalue weighted by Crippen LogP contribution is 2.41. The van der Waals surface area contributed by atoms with E-state index in [0.717, 1.165) is 36.2 Å². The van der Waals surface area contributed by atoms with E-state index in [9.17, 15) is 4.79 Å². The molecule has 5 rings (SSSR count). The maximum Gasteiger partial charge on any atom is 0.203 e. The van der Waals surface area contributed by atoms with Crippen molar-refractivity contribution in [2.24, 2.45) is 0 Å². The molecule has 0 N–H and O–H groups in total. The molecule has 0 atom stereocenters. The number of imidazole rings is 1. The molecular formula is C30H30N2O7. The van der Waals surface area contributed by atoms with Crippen molar-refractivity contribution in [2.75, 3.05) is 35.0 Å². The van der Waals surface area contributed by atoms with Crippen LogP contribution in [-0.2, 0) is 6.54 Å². The van der Waals surface area contributed by atoms with Crippen molar-refractivity contribution < 1.29 is 28.1 Å². The van der Waals surface area contributed by atoms with E-state index in [-0.39, 0.29) is 5.43 Å². The summed E-state index contributed by atoms with van der Waals surface area (Å²) in [5.74, 6) is 3.21. The Balaban J connectivity index is 1.28. The number of ether oxygens (including phenoxy) is 5. The summed E-state index contributed by atoms with van der Waals surface area (Å²) in [6, 6.07) is 16.1. The smallest absolute Gasteiger partial charge is 0.203 e. The number of nitrogens with zero attached hydrogens (tertiary/aromatic N) is 2. The summed E-state index contributed by atoms with van der Waals surface area (Å²) >= 11 is 0. The zero-order valence-corrected chi connectivity index (χ0v) is 22.4. The minimum absolute atomic E-state index is 0.156. The van der Waals surface area contributed by atoms with Crippen LogP contribution in [0.4, 0.5) is 0 Å². The molecule has 0 aliphatic heterocycles. The van der Waals surface area contributed by atoms with Gasteiger partial charge in [-0.1, -0.05) is 0 Å². The second kappa shape index (κ2) is 11.4. The van der Waals surface area contributed by atoms with Crippen LogP contribution >= 0.6 is 0 Å². The number of rotatable bonds is 11. The predicted molar refractivity (Wildman–Crippen MR) is 149 cm³/mol. The quantitative estimate of drug-likeness (QED) is 0.201. The minimum atomic E-state index is -0.156. The van der Waals surface area contributed by atoms with Crippen LogP contribution in [0.2, 0.25) is 0 Å². The molecule has 39 heavy (non-hydrogen) atoms. The first-order valence-electron chi connectivity index (χ1n) is 12.5. The van der Waals surface area contributed by atoms with Gasteiger partial charge in [-0.2, -0.15) is 0 Å². The van der Waals surface area contributed by atoms with Gasteiger partial charge in [-0.3, -0.25) is 4.79 Å². The van der Waals surface area contributed by atoms with Gasteiger partial charge in [-0.25, -0.2) is 4.98 Å². The lowest BCUT2D eigenvalue weighted by Crippen LogP contribution is -2.03. The molecule has 0 amide bonds. The highest BCUT2D eigenvalue weighted by molar-refractivity contribution is 5.81. The predicted octanol–water partition coefficient (Wildman–Crippen LogP) is 5.70. The van der Waals surface area contributed by atoms with Gasteiger partial charge in [0.2, 0.25) is 5.75 Å². The Morgan fingerprint density at radius 2 is 1.59 bits per heavy atom. The average Bonchev–Trinajstić information content (AvgIpc) is 3.37. The Kier molecular flexibility index (Phi) is 7.58. The summed E-state index contributed by atoms with van der Waals surface area (Å²) < 4.78 is 35.8. The van der Waals surface area contributed by atoms with E-state index in [0.29, 0.717) is 51.9 Å². The van der Waals surface area contributed by atoms with Gasteiger partial charge < -0.3 is 32.7 Å². The number of methoxy groups -OCH3 is 4. The standard InChI is InChI=1S/C30H30N2O7/c1-34-20-8-10-24-23(15-20)31-18-32(24)11-5-6-12-38-21-7-9-22-25(33)17-26(39-27(22)16-21)19-13-28(35-2)30(37-4)29(14-19)36-3/h7-10,13-18H,5-6,11-12H2,1-4H3. The van der Waals surface area contributed by atoms with E-state index in [1.165, 1.54) is 27.4 Å². The van der Waals surface area contributed by atoms with Crippen LogP contribution in [0.15, 0.2) is 70.1 Å². The van der Waals surface area contributed by atoms with Gasteiger partial charge in [0.1, 0.15) is 22.8 Å². The highest BCUT2D eigenvalue weighted by atomic mass is 16.5. The maximum atomic E-state index is 12.9. The van der Waals surface area contributed by atoms with E-state index < -0.39 is 0 Å². The molecule has 0 saturated carbocycles. The normalized spacial score (nSPS) is 11.1.